The number of benzene rings is 1. The Morgan fingerprint density at radius 1 is 1.26 bits per heavy atom. The van der Waals surface area contributed by atoms with Crippen molar-refractivity contribution in [3.63, 3.8) is 0 Å². The maximum absolute atomic E-state index is 12.4. The van der Waals surface area contributed by atoms with Crippen molar-refractivity contribution in [3.05, 3.63) is 60.2 Å². The molecule has 0 bridgehead atoms. The predicted octanol–water partition coefficient (Wildman–Crippen LogP) is 1.31. The van der Waals surface area contributed by atoms with Crippen LogP contribution in [0, 0.1) is 5.92 Å². The van der Waals surface area contributed by atoms with Crippen molar-refractivity contribution in [1.82, 2.24) is 0 Å². The Hall–Kier alpha value is -1.75. The van der Waals surface area contributed by atoms with E-state index >= 15 is 0 Å². The molecule has 0 saturated carbocycles. The summed E-state index contributed by atoms with van der Waals surface area (Å²) in [7, 11) is 0. The summed E-state index contributed by atoms with van der Waals surface area (Å²) in [6, 6.07) is 8.75. The van der Waals surface area contributed by atoms with E-state index in [1.54, 1.807) is 42.5 Å². The van der Waals surface area contributed by atoms with E-state index in [0.717, 1.165) is 0 Å². The number of ether oxygens (including phenoxy) is 1. The van der Waals surface area contributed by atoms with Crippen LogP contribution in [-0.4, -0.2) is 35.0 Å². The van der Waals surface area contributed by atoms with Gasteiger partial charge in [-0.05, 0) is 6.08 Å². The van der Waals surface area contributed by atoms with E-state index in [2.05, 4.69) is 0 Å². The first kappa shape index (κ1) is 13.7. The molecule has 0 heterocycles. The molecule has 0 aliphatic heterocycles. The van der Waals surface area contributed by atoms with Gasteiger partial charge in [0.1, 0.15) is 0 Å². The zero-order valence-corrected chi connectivity index (χ0v) is 10.4. The van der Waals surface area contributed by atoms with Crippen LogP contribution in [0.2, 0.25) is 0 Å². The van der Waals surface area contributed by atoms with Crippen molar-refractivity contribution in [2.24, 2.45) is 5.92 Å². The minimum atomic E-state index is -1.70. The molecule has 2 unspecified atom stereocenters. The van der Waals surface area contributed by atoms with Crippen molar-refractivity contribution in [1.29, 1.82) is 0 Å². The van der Waals surface area contributed by atoms with Crippen molar-refractivity contribution in [2.45, 2.75) is 5.79 Å². The van der Waals surface area contributed by atoms with Crippen LogP contribution in [0.25, 0.3) is 0 Å². The van der Waals surface area contributed by atoms with E-state index in [4.69, 9.17) is 9.84 Å². The summed E-state index contributed by atoms with van der Waals surface area (Å²) in [4.78, 5) is 12.4. The molecule has 100 valence electrons. The number of aliphatic hydroxyl groups excluding tert-OH is 1. The summed E-state index contributed by atoms with van der Waals surface area (Å²) < 4.78 is 5.22. The highest BCUT2D eigenvalue weighted by Crippen LogP contribution is 2.29. The molecule has 4 nitrogen and oxygen atoms in total. The summed E-state index contributed by atoms with van der Waals surface area (Å²) in [5, 5.41) is 19.2. The van der Waals surface area contributed by atoms with Gasteiger partial charge in [0, 0.05) is 5.56 Å². The Morgan fingerprint density at radius 2 is 2.00 bits per heavy atom. The Labute approximate surface area is 111 Å². The number of rotatable bonds is 5. The normalized spacial score (nSPS) is 25.5. The molecule has 1 aliphatic carbocycles. The number of hydrogen-bond donors (Lipinski definition) is 2. The summed E-state index contributed by atoms with van der Waals surface area (Å²) in [5.74, 6) is -2.74. The van der Waals surface area contributed by atoms with Crippen LogP contribution in [0.4, 0.5) is 0 Å². The van der Waals surface area contributed by atoms with Gasteiger partial charge in [0.2, 0.25) is 0 Å². The Kier molecular flexibility index (Phi) is 4.27. The molecule has 1 aromatic carbocycles. The minimum absolute atomic E-state index is 0.0345. The molecule has 0 spiro atoms. The molecule has 2 atom stereocenters. The third-order valence-electron chi connectivity index (χ3n) is 2.96. The first-order chi connectivity index (χ1) is 9.17. The van der Waals surface area contributed by atoms with Crippen LogP contribution in [0.3, 0.4) is 0 Å². The lowest BCUT2D eigenvalue weighted by atomic mass is 9.86. The van der Waals surface area contributed by atoms with Gasteiger partial charge in [0.15, 0.2) is 11.6 Å². The maximum atomic E-state index is 12.4. The zero-order valence-electron chi connectivity index (χ0n) is 10.4. The molecule has 2 N–H and O–H groups in total. The molecular formula is C15H16O4. The molecule has 0 amide bonds. The fraction of sp³-hybridized carbons (Fsp3) is 0.267. The van der Waals surface area contributed by atoms with E-state index in [9.17, 15) is 9.90 Å². The molecule has 0 aromatic heterocycles. The van der Waals surface area contributed by atoms with Gasteiger partial charge in [-0.15, -0.1) is 0 Å². The van der Waals surface area contributed by atoms with E-state index in [-0.39, 0.29) is 19.0 Å². The first-order valence-electron chi connectivity index (χ1n) is 6.10. The smallest absolute Gasteiger partial charge is 0.199 e. The number of hydrogen-bond acceptors (Lipinski definition) is 4. The summed E-state index contributed by atoms with van der Waals surface area (Å²) in [6.45, 7) is -0.251. The van der Waals surface area contributed by atoms with Crippen molar-refractivity contribution < 1.29 is 19.7 Å². The molecule has 1 aromatic rings. The van der Waals surface area contributed by atoms with Gasteiger partial charge >= 0.3 is 0 Å². The second kappa shape index (κ2) is 5.93. The van der Waals surface area contributed by atoms with Crippen LogP contribution in [-0.2, 0) is 4.74 Å². The topological polar surface area (TPSA) is 66.8 Å². The third kappa shape index (κ3) is 2.98. The highest BCUT2D eigenvalue weighted by Gasteiger charge is 2.40. The molecule has 2 rings (SSSR count). The highest BCUT2D eigenvalue weighted by molar-refractivity contribution is 5.99. The van der Waals surface area contributed by atoms with Crippen molar-refractivity contribution >= 4 is 5.78 Å². The molecular weight excluding hydrogens is 244 g/mol. The van der Waals surface area contributed by atoms with Crippen molar-refractivity contribution in [2.75, 3.05) is 13.2 Å². The van der Waals surface area contributed by atoms with Crippen molar-refractivity contribution in [3.8, 4) is 0 Å². The molecule has 19 heavy (non-hydrogen) atoms. The van der Waals surface area contributed by atoms with E-state index < -0.39 is 11.7 Å². The van der Waals surface area contributed by atoms with Gasteiger partial charge < -0.3 is 14.9 Å². The molecule has 1 aliphatic rings. The average Bonchev–Trinajstić information content (AvgIpc) is 2.46. The van der Waals surface area contributed by atoms with Gasteiger partial charge in [0.25, 0.3) is 0 Å². The highest BCUT2D eigenvalue weighted by atomic mass is 16.6. The second-order valence-electron chi connectivity index (χ2n) is 4.28. The van der Waals surface area contributed by atoms with E-state index in [0.29, 0.717) is 5.56 Å². The first-order valence-corrected chi connectivity index (χ1v) is 6.10. The number of carbonyl (C=O) groups is 1. The Bertz CT molecular complexity index is 492. The Balaban J connectivity index is 2.24. The van der Waals surface area contributed by atoms with Gasteiger partial charge in [-0.1, -0.05) is 48.6 Å². The van der Waals surface area contributed by atoms with Gasteiger partial charge in [-0.2, -0.15) is 0 Å². The summed E-state index contributed by atoms with van der Waals surface area (Å²) in [6.07, 6.45) is 6.34. The average molecular weight is 260 g/mol. The number of carbonyl (C=O) groups excluding carboxylic acids is 1. The molecule has 0 radical (unpaired) electrons. The SMILES string of the molecule is O=C(c1ccccc1)C1C=CC=CC1(O)OCCO. The summed E-state index contributed by atoms with van der Waals surface area (Å²) in [5.41, 5.74) is 0.512. The maximum Gasteiger partial charge on any atom is 0.199 e. The third-order valence-corrected chi connectivity index (χ3v) is 2.96. The Morgan fingerprint density at radius 3 is 2.68 bits per heavy atom. The zero-order chi connectivity index (χ0) is 13.7. The van der Waals surface area contributed by atoms with Crippen LogP contribution in [0.1, 0.15) is 10.4 Å². The fourth-order valence-electron chi connectivity index (χ4n) is 2.01. The van der Waals surface area contributed by atoms with Crippen LogP contribution < -0.4 is 0 Å². The van der Waals surface area contributed by atoms with Gasteiger partial charge in [-0.3, -0.25) is 4.79 Å². The summed E-state index contributed by atoms with van der Waals surface area (Å²) >= 11 is 0. The standard InChI is InChI=1S/C15H16O4/c16-10-11-19-15(18)9-5-4-8-13(15)14(17)12-6-2-1-3-7-12/h1-9,13,16,18H,10-11H2. The largest absolute Gasteiger partial charge is 0.394 e. The van der Waals surface area contributed by atoms with Crippen LogP contribution >= 0.6 is 0 Å². The second-order valence-corrected chi connectivity index (χ2v) is 4.28. The van der Waals surface area contributed by atoms with E-state index in [1.165, 1.54) is 6.08 Å². The number of ketones is 1. The minimum Gasteiger partial charge on any atom is -0.394 e. The lowest BCUT2D eigenvalue weighted by Crippen LogP contribution is -2.44. The van der Waals surface area contributed by atoms with Gasteiger partial charge in [-0.25, -0.2) is 0 Å². The van der Waals surface area contributed by atoms with Crippen LogP contribution in [0.15, 0.2) is 54.6 Å². The quantitative estimate of drug-likeness (QED) is 0.619. The monoisotopic (exact) mass is 260 g/mol. The predicted molar refractivity (Wildman–Crippen MR) is 70.5 cm³/mol. The van der Waals surface area contributed by atoms with E-state index in [1.807, 2.05) is 6.07 Å². The lowest BCUT2D eigenvalue weighted by molar-refractivity contribution is -0.186. The lowest BCUT2D eigenvalue weighted by Gasteiger charge is -2.32. The molecule has 0 fully saturated rings. The molecule has 0 saturated heterocycles. The number of allylic oxidation sites excluding steroid dienone is 2. The fourth-order valence-corrected chi connectivity index (χ4v) is 2.01. The van der Waals surface area contributed by atoms with Crippen LogP contribution in [0.5, 0.6) is 0 Å². The number of Topliss-reactive ketones (excluding diaryl/α,β-unsaturated/α-hetero) is 1. The molecule has 4 heteroatoms. The van der Waals surface area contributed by atoms with Gasteiger partial charge in [0.05, 0.1) is 19.1 Å². The number of aliphatic hydroxyl groups is 2.